The molecule has 1 saturated heterocycles. The number of rotatable bonds is 6. The summed E-state index contributed by atoms with van der Waals surface area (Å²) in [5.74, 6) is 1.10. The first-order chi connectivity index (χ1) is 14.0. The predicted octanol–water partition coefficient (Wildman–Crippen LogP) is 1.01. The van der Waals surface area contributed by atoms with E-state index in [2.05, 4.69) is 10.4 Å². The Hall–Kier alpha value is -2.90. The number of nitrogens with one attached hydrogen (secondary N) is 1. The van der Waals surface area contributed by atoms with E-state index in [1.807, 2.05) is 35.2 Å². The van der Waals surface area contributed by atoms with Crippen molar-refractivity contribution in [2.45, 2.75) is 44.7 Å². The highest BCUT2D eigenvalue weighted by atomic mass is 16.2. The number of nitrogens with zero attached hydrogens (tertiary/aromatic N) is 4. The number of benzene rings is 1. The van der Waals surface area contributed by atoms with Crippen molar-refractivity contribution >= 4 is 11.8 Å². The first-order valence-electron chi connectivity index (χ1n) is 10.3. The van der Waals surface area contributed by atoms with Crippen LogP contribution in [0.2, 0.25) is 0 Å². The van der Waals surface area contributed by atoms with Crippen LogP contribution in [0.25, 0.3) is 0 Å². The van der Waals surface area contributed by atoms with Crippen molar-refractivity contribution in [3.05, 3.63) is 52.2 Å². The van der Waals surface area contributed by atoms with Crippen molar-refractivity contribution in [3.8, 4) is 0 Å². The van der Waals surface area contributed by atoms with Crippen LogP contribution in [0.1, 0.15) is 43.0 Å². The van der Waals surface area contributed by atoms with Crippen LogP contribution in [0, 0.1) is 5.92 Å². The lowest BCUT2D eigenvalue weighted by atomic mass is 9.95. The topological polar surface area (TPSA) is 89.2 Å². The Morgan fingerprint density at radius 3 is 2.45 bits per heavy atom. The number of aromatic nitrogens is 3. The smallest absolute Gasteiger partial charge is 0.346 e. The maximum Gasteiger partial charge on any atom is 0.346 e. The van der Waals surface area contributed by atoms with E-state index in [9.17, 15) is 14.4 Å². The fraction of sp³-hybridized carbons (Fsp3) is 0.524. The monoisotopic (exact) mass is 397 g/mol. The number of piperidine rings is 1. The van der Waals surface area contributed by atoms with Gasteiger partial charge in [-0.25, -0.2) is 9.48 Å². The van der Waals surface area contributed by atoms with E-state index < -0.39 is 0 Å². The molecule has 0 radical (unpaired) electrons. The van der Waals surface area contributed by atoms with Crippen molar-refractivity contribution in [2.75, 3.05) is 13.1 Å². The van der Waals surface area contributed by atoms with Crippen molar-refractivity contribution in [2.24, 2.45) is 13.0 Å². The summed E-state index contributed by atoms with van der Waals surface area (Å²) < 4.78 is 2.77. The van der Waals surface area contributed by atoms with Gasteiger partial charge in [0.15, 0.2) is 0 Å². The summed E-state index contributed by atoms with van der Waals surface area (Å²) in [5, 5.41) is 7.27. The lowest BCUT2D eigenvalue weighted by Gasteiger charge is -2.31. The quantitative estimate of drug-likeness (QED) is 0.788. The second-order valence-electron chi connectivity index (χ2n) is 7.99. The van der Waals surface area contributed by atoms with Gasteiger partial charge in [0.25, 0.3) is 0 Å². The first-order valence-corrected chi connectivity index (χ1v) is 10.3. The minimum Gasteiger partial charge on any atom is -0.350 e. The molecule has 2 fully saturated rings. The Balaban J connectivity index is 1.35. The van der Waals surface area contributed by atoms with Crippen LogP contribution in [0.3, 0.4) is 0 Å². The highest BCUT2D eigenvalue weighted by Gasteiger charge is 2.36. The van der Waals surface area contributed by atoms with E-state index >= 15 is 0 Å². The Morgan fingerprint density at radius 2 is 1.79 bits per heavy atom. The molecule has 1 aliphatic carbocycles. The molecule has 2 heterocycles. The summed E-state index contributed by atoms with van der Waals surface area (Å²) in [6.07, 6.45) is 3.62. The summed E-state index contributed by atoms with van der Waals surface area (Å²) in [6.45, 7) is 1.73. The minimum absolute atomic E-state index is 0.0987. The summed E-state index contributed by atoms with van der Waals surface area (Å²) in [5.41, 5.74) is 0.716. The van der Waals surface area contributed by atoms with Gasteiger partial charge in [0.2, 0.25) is 11.8 Å². The summed E-state index contributed by atoms with van der Waals surface area (Å²) in [4.78, 5) is 39.0. The van der Waals surface area contributed by atoms with Crippen molar-refractivity contribution in [1.82, 2.24) is 24.6 Å². The van der Waals surface area contributed by atoms with E-state index in [0.717, 1.165) is 31.2 Å². The third-order valence-corrected chi connectivity index (χ3v) is 5.80. The van der Waals surface area contributed by atoms with Crippen molar-refractivity contribution < 1.29 is 9.59 Å². The normalized spacial score (nSPS) is 17.3. The van der Waals surface area contributed by atoms with Gasteiger partial charge in [0.1, 0.15) is 12.4 Å². The molecule has 0 bridgehead atoms. The third-order valence-electron chi connectivity index (χ3n) is 5.80. The first kappa shape index (κ1) is 19.4. The largest absolute Gasteiger partial charge is 0.350 e. The number of hydrogen-bond acceptors (Lipinski definition) is 4. The van der Waals surface area contributed by atoms with Crippen LogP contribution >= 0.6 is 0 Å². The molecule has 2 aromatic rings. The van der Waals surface area contributed by atoms with E-state index in [-0.39, 0.29) is 35.9 Å². The molecule has 1 aromatic heterocycles. The molecule has 1 aromatic carbocycles. The van der Waals surface area contributed by atoms with Gasteiger partial charge in [-0.1, -0.05) is 30.3 Å². The van der Waals surface area contributed by atoms with Crippen LogP contribution in [0.5, 0.6) is 0 Å². The van der Waals surface area contributed by atoms with E-state index in [4.69, 9.17) is 0 Å². The van der Waals surface area contributed by atoms with Gasteiger partial charge in [-0.2, -0.15) is 5.10 Å². The molecule has 4 rings (SSSR count). The Bertz CT molecular complexity index is 937. The lowest BCUT2D eigenvalue weighted by molar-refractivity contribution is -0.133. The number of amides is 2. The number of carbonyl (C=O) groups excluding carboxylic acids is 2. The molecule has 0 atom stereocenters. The molecule has 8 nitrogen and oxygen atoms in total. The van der Waals surface area contributed by atoms with Gasteiger partial charge >= 0.3 is 5.69 Å². The van der Waals surface area contributed by atoms with Crippen LogP contribution in [-0.4, -0.2) is 44.2 Å². The zero-order chi connectivity index (χ0) is 20.4. The van der Waals surface area contributed by atoms with Gasteiger partial charge < -0.3 is 10.2 Å². The zero-order valence-electron chi connectivity index (χ0n) is 16.7. The summed E-state index contributed by atoms with van der Waals surface area (Å²) in [7, 11) is 1.70. The van der Waals surface area contributed by atoms with Crippen LogP contribution in [0.4, 0.5) is 0 Å². The Morgan fingerprint density at radius 1 is 1.10 bits per heavy atom. The average molecular weight is 397 g/mol. The molecular formula is C21H27N5O3. The molecule has 1 saturated carbocycles. The molecule has 1 N–H and O–H groups in total. The molecule has 2 amide bonds. The van der Waals surface area contributed by atoms with Gasteiger partial charge in [0.05, 0.1) is 0 Å². The van der Waals surface area contributed by atoms with E-state index in [1.54, 1.807) is 7.05 Å². The van der Waals surface area contributed by atoms with Crippen LogP contribution in [0.15, 0.2) is 35.1 Å². The summed E-state index contributed by atoms with van der Waals surface area (Å²) in [6, 6.07) is 9.63. The fourth-order valence-electron chi connectivity index (χ4n) is 3.90. The second kappa shape index (κ2) is 8.23. The SMILES string of the molecule is Cn1c(C2CCN(C(=O)C3CC3)CC2)nn(CC(=O)NCc2ccccc2)c1=O. The molecule has 154 valence electrons. The molecule has 0 unspecified atom stereocenters. The third kappa shape index (κ3) is 4.41. The van der Waals surface area contributed by atoms with Gasteiger partial charge in [0, 0.05) is 38.5 Å². The highest BCUT2D eigenvalue weighted by molar-refractivity contribution is 5.81. The standard InChI is InChI=1S/C21H27N5O3/c1-24-19(16-9-11-25(12-10-16)20(28)17-7-8-17)23-26(21(24)29)14-18(27)22-13-15-5-3-2-4-6-15/h2-6,16-17H,7-14H2,1H3,(H,22,27). The number of carbonyl (C=O) groups is 2. The molecule has 29 heavy (non-hydrogen) atoms. The van der Waals surface area contributed by atoms with Crippen molar-refractivity contribution in [1.29, 1.82) is 0 Å². The zero-order valence-corrected chi connectivity index (χ0v) is 16.7. The van der Waals surface area contributed by atoms with Gasteiger partial charge in [-0.05, 0) is 31.2 Å². The average Bonchev–Trinajstić information content (AvgIpc) is 3.56. The maximum atomic E-state index is 12.5. The lowest BCUT2D eigenvalue weighted by Crippen LogP contribution is -2.39. The second-order valence-corrected chi connectivity index (χ2v) is 7.99. The van der Waals surface area contributed by atoms with E-state index in [1.165, 1.54) is 9.25 Å². The number of hydrogen-bond donors (Lipinski definition) is 1. The fourth-order valence-corrected chi connectivity index (χ4v) is 3.90. The van der Waals surface area contributed by atoms with Gasteiger partial charge in [-0.15, -0.1) is 0 Å². The molecule has 2 aliphatic rings. The van der Waals surface area contributed by atoms with Crippen molar-refractivity contribution in [3.63, 3.8) is 0 Å². The Kier molecular flexibility index (Phi) is 5.51. The molecular weight excluding hydrogens is 370 g/mol. The highest BCUT2D eigenvalue weighted by Crippen LogP contribution is 2.33. The molecule has 1 aliphatic heterocycles. The minimum atomic E-state index is -0.286. The summed E-state index contributed by atoms with van der Waals surface area (Å²) >= 11 is 0. The van der Waals surface area contributed by atoms with Crippen LogP contribution in [-0.2, 0) is 29.7 Å². The molecule has 0 spiro atoms. The Labute approximate surface area is 169 Å². The molecule has 8 heteroatoms. The van der Waals surface area contributed by atoms with Gasteiger partial charge in [-0.3, -0.25) is 14.2 Å². The predicted molar refractivity (Wildman–Crippen MR) is 107 cm³/mol. The number of likely N-dealkylation sites (tertiary alicyclic amines) is 1. The van der Waals surface area contributed by atoms with E-state index in [0.29, 0.717) is 25.5 Å². The van der Waals surface area contributed by atoms with Crippen LogP contribution < -0.4 is 11.0 Å². The maximum absolute atomic E-state index is 12.5.